The minimum Gasteiger partial charge on any atom is -0.341 e. The van der Waals surface area contributed by atoms with Crippen LogP contribution in [0.3, 0.4) is 0 Å². The lowest BCUT2D eigenvalue weighted by Gasteiger charge is -2.32. The van der Waals surface area contributed by atoms with Gasteiger partial charge in [-0.2, -0.15) is 13.2 Å². The number of aryl methyl sites for hydroxylation is 1. The van der Waals surface area contributed by atoms with Gasteiger partial charge in [0.2, 0.25) is 0 Å². The summed E-state index contributed by atoms with van der Waals surface area (Å²) < 4.78 is 36.8. The summed E-state index contributed by atoms with van der Waals surface area (Å²) in [6.45, 7) is 2.65. The number of anilines is 1. The first-order valence-electron chi connectivity index (χ1n) is 10.6. The zero-order valence-electron chi connectivity index (χ0n) is 18.2. The summed E-state index contributed by atoms with van der Waals surface area (Å²) in [5, 5.41) is 1.57. The second kappa shape index (κ2) is 10.5. The topological polar surface area (TPSA) is 82.6 Å². The van der Waals surface area contributed by atoms with Crippen LogP contribution in [0.1, 0.15) is 40.9 Å². The number of piperidine rings is 1. The molecule has 1 saturated heterocycles. The molecule has 176 valence electrons. The summed E-state index contributed by atoms with van der Waals surface area (Å²) in [6.07, 6.45) is -2.06. The molecule has 0 aliphatic carbocycles. The van der Waals surface area contributed by atoms with E-state index in [1.54, 1.807) is 33.3 Å². The fourth-order valence-electron chi connectivity index (χ4n) is 3.52. The van der Waals surface area contributed by atoms with Crippen molar-refractivity contribution in [1.82, 2.24) is 15.2 Å². The lowest BCUT2D eigenvalue weighted by Crippen LogP contribution is -2.45. The predicted octanol–water partition coefficient (Wildman–Crippen LogP) is 3.86. The zero-order chi connectivity index (χ0) is 24.0. The van der Waals surface area contributed by atoms with Crippen molar-refractivity contribution in [3.05, 3.63) is 59.3 Å². The molecule has 7 nitrogen and oxygen atoms in total. The number of hydrogen-bond donors (Lipinski definition) is 1. The van der Waals surface area contributed by atoms with Gasteiger partial charge >= 0.3 is 18.1 Å². The molecule has 0 spiro atoms. The molecule has 33 heavy (non-hydrogen) atoms. The lowest BCUT2D eigenvalue weighted by atomic mass is 10.1. The number of rotatable bonds is 6. The van der Waals surface area contributed by atoms with Crippen LogP contribution in [-0.2, 0) is 11.3 Å². The molecule has 1 N–H and O–H groups in total. The van der Waals surface area contributed by atoms with Crippen molar-refractivity contribution in [2.24, 2.45) is 0 Å². The quantitative estimate of drug-likeness (QED) is 0.661. The zero-order valence-corrected chi connectivity index (χ0v) is 18.2. The molecule has 0 saturated carbocycles. The molecular weight excluding hydrogens is 437 g/mol. The van der Waals surface area contributed by atoms with Crippen LogP contribution in [0.4, 0.5) is 23.8 Å². The lowest BCUT2D eigenvalue weighted by molar-refractivity contribution is -0.173. The van der Waals surface area contributed by atoms with Crippen LogP contribution in [-0.4, -0.2) is 53.4 Å². The van der Waals surface area contributed by atoms with Crippen molar-refractivity contribution in [2.45, 2.75) is 38.9 Å². The van der Waals surface area contributed by atoms with Gasteiger partial charge in [-0.25, -0.2) is 9.78 Å². The van der Waals surface area contributed by atoms with Gasteiger partial charge in [0.05, 0.1) is 13.1 Å². The number of hydrogen-bond acceptors (Lipinski definition) is 4. The Kier molecular flexibility index (Phi) is 7.67. The number of carbonyl (C=O) groups excluding carboxylic acids is 3. The molecule has 10 heteroatoms. The standard InChI is InChI=1S/C23H25F3N4O3/c1-16-6-5-7-20(28-16)30(22(33)29-12-3-2-4-13-29)15-17-8-10-18(11-9-17)19(31)14-27-21(32)23(24,25)26/h5-11H,2-4,12-15H2,1H3,(H,27,32). The highest BCUT2D eigenvalue weighted by Gasteiger charge is 2.38. The maximum atomic E-state index is 13.2. The molecule has 1 fully saturated rings. The molecule has 0 atom stereocenters. The van der Waals surface area contributed by atoms with Gasteiger partial charge in [0, 0.05) is 24.3 Å². The van der Waals surface area contributed by atoms with Gasteiger partial charge in [-0.1, -0.05) is 30.3 Å². The van der Waals surface area contributed by atoms with Gasteiger partial charge in [0.1, 0.15) is 5.82 Å². The summed E-state index contributed by atoms with van der Waals surface area (Å²) in [4.78, 5) is 44.1. The molecule has 2 heterocycles. The fraction of sp³-hybridized carbons (Fsp3) is 0.391. The molecule has 1 aromatic heterocycles. The summed E-state index contributed by atoms with van der Waals surface area (Å²) in [6, 6.07) is 11.5. The number of carbonyl (C=O) groups is 3. The van der Waals surface area contributed by atoms with E-state index in [9.17, 15) is 27.6 Å². The largest absolute Gasteiger partial charge is 0.471 e. The first kappa shape index (κ1) is 24.2. The van der Waals surface area contributed by atoms with Crippen LogP contribution in [0.15, 0.2) is 42.5 Å². The third kappa shape index (κ3) is 6.53. The van der Waals surface area contributed by atoms with Crippen molar-refractivity contribution >= 4 is 23.5 Å². The van der Waals surface area contributed by atoms with Crippen LogP contribution in [0.5, 0.6) is 0 Å². The Morgan fingerprint density at radius 3 is 2.30 bits per heavy atom. The van der Waals surface area contributed by atoms with Crippen molar-refractivity contribution in [3.8, 4) is 0 Å². The Morgan fingerprint density at radius 1 is 1.03 bits per heavy atom. The summed E-state index contributed by atoms with van der Waals surface area (Å²) in [7, 11) is 0. The highest BCUT2D eigenvalue weighted by Crippen LogP contribution is 2.20. The maximum absolute atomic E-state index is 13.2. The van der Waals surface area contributed by atoms with Crippen molar-refractivity contribution < 1.29 is 27.6 Å². The van der Waals surface area contributed by atoms with Gasteiger partial charge in [-0.05, 0) is 43.9 Å². The van der Waals surface area contributed by atoms with Crippen LogP contribution in [0.25, 0.3) is 0 Å². The van der Waals surface area contributed by atoms with E-state index in [-0.39, 0.29) is 18.1 Å². The minimum absolute atomic E-state index is 0.150. The average molecular weight is 462 g/mol. The smallest absolute Gasteiger partial charge is 0.341 e. The third-order valence-electron chi connectivity index (χ3n) is 5.29. The number of amides is 3. The normalized spacial score (nSPS) is 14.0. The molecule has 0 unspecified atom stereocenters. The third-order valence-corrected chi connectivity index (χ3v) is 5.29. The molecule has 3 amide bonds. The molecular formula is C23H25F3N4O3. The van der Waals surface area contributed by atoms with Crippen LogP contribution in [0, 0.1) is 6.92 Å². The number of urea groups is 1. The average Bonchev–Trinajstić information content (AvgIpc) is 2.80. The van der Waals surface area contributed by atoms with Crippen molar-refractivity contribution in [3.63, 3.8) is 0 Å². The highest BCUT2D eigenvalue weighted by molar-refractivity contribution is 5.99. The van der Waals surface area contributed by atoms with E-state index in [2.05, 4.69) is 4.98 Å². The van der Waals surface area contributed by atoms with Gasteiger partial charge in [-0.15, -0.1) is 0 Å². The van der Waals surface area contributed by atoms with Gasteiger partial charge in [0.25, 0.3) is 0 Å². The summed E-state index contributed by atoms with van der Waals surface area (Å²) >= 11 is 0. The van der Waals surface area contributed by atoms with Gasteiger partial charge in [0.15, 0.2) is 5.78 Å². The van der Waals surface area contributed by atoms with Crippen molar-refractivity contribution in [2.75, 3.05) is 24.5 Å². The van der Waals surface area contributed by atoms with Crippen LogP contribution < -0.4 is 10.2 Å². The molecule has 1 aromatic carbocycles. The van der Waals surface area contributed by atoms with E-state index in [0.717, 1.165) is 30.5 Å². The molecule has 3 rings (SSSR count). The van der Waals surface area contributed by atoms with Crippen LogP contribution in [0.2, 0.25) is 0 Å². The Hall–Kier alpha value is -3.43. The first-order chi connectivity index (χ1) is 15.6. The second-order valence-corrected chi connectivity index (χ2v) is 7.85. The Balaban J connectivity index is 1.72. The molecule has 1 aliphatic heterocycles. The monoisotopic (exact) mass is 462 g/mol. The van der Waals surface area contributed by atoms with E-state index in [4.69, 9.17) is 0 Å². The summed E-state index contributed by atoms with van der Waals surface area (Å²) in [5.74, 6) is -2.30. The number of nitrogens with one attached hydrogen (secondary N) is 1. The number of aromatic nitrogens is 1. The fourth-order valence-corrected chi connectivity index (χ4v) is 3.52. The number of benzene rings is 1. The van der Waals surface area contributed by atoms with Crippen molar-refractivity contribution in [1.29, 1.82) is 0 Å². The second-order valence-electron chi connectivity index (χ2n) is 7.85. The number of nitrogens with zero attached hydrogens (tertiary/aromatic N) is 3. The molecule has 2 aromatic rings. The number of ketones is 1. The highest BCUT2D eigenvalue weighted by atomic mass is 19.4. The predicted molar refractivity (Wildman–Crippen MR) is 116 cm³/mol. The van der Waals surface area contributed by atoms with Crippen LogP contribution >= 0.6 is 0 Å². The molecule has 0 radical (unpaired) electrons. The number of likely N-dealkylation sites (tertiary alicyclic amines) is 1. The molecule has 1 aliphatic rings. The Bertz CT molecular complexity index is 1000. The minimum atomic E-state index is -5.04. The number of halogens is 3. The maximum Gasteiger partial charge on any atom is 0.471 e. The number of alkyl halides is 3. The Morgan fingerprint density at radius 2 is 1.70 bits per heavy atom. The Labute approximate surface area is 189 Å². The van der Waals surface area contributed by atoms with Gasteiger partial charge in [-0.3, -0.25) is 14.5 Å². The van der Waals surface area contributed by atoms with E-state index in [0.29, 0.717) is 18.9 Å². The number of Topliss-reactive ketones (excluding diaryl/α,β-unsaturated/α-hetero) is 1. The summed E-state index contributed by atoms with van der Waals surface area (Å²) in [5.41, 5.74) is 1.65. The van der Waals surface area contributed by atoms with E-state index in [1.807, 2.05) is 19.1 Å². The SMILES string of the molecule is Cc1cccc(N(Cc2ccc(C(=O)CNC(=O)C(F)(F)F)cc2)C(=O)N2CCCCC2)n1. The van der Waals surface area contributed by atoms with E-state index in [1.165, 1.54) is 12.1 Å². The van der Waals surface area contributed by atoms with Gasteiger partial charge < -0.3 is 10.2 Å². The van der Waals surface area contributed by atoms with E-state index >= 15 is 0 Å². The van der Waals surface area contributed by atoms with E-state index < -0.39 is 24.4 Å². The first-order valence-corrected chi connectivity index (χ1v) is 10.6. The number of pyridine rings is 1. The molecule has 0 bridgehead atoms.